The van der Waals surface area contributed by atoms with Gasteiger partial charge in [-0.15, -0.1) is 0 Å². The molecule has 3 rings (SSSR count). The minimum atomic E-state index is 0.757. The summed E-state index contributed by atoms with van der Waals surface area (Å²) < 4.78 is 5.25. The van der Waals surface area contributed by atoms with Crippen molar-refractivity contribution in [2.24, 2.45) is 11.8 Å². The topological polar surface area (TPSA) is 24.5 Å². The van der Waals surface area contributed by atoms with Crippen molar-refractivity contribution in [3.05, 3.63) is 0 Å². The highest BCUT2D eigenvalue weighted by Gasteiger charge is 2.40. The number of hydrogen-bond acceptors (Lipinski definition) is 3. The van der Waals surface area contributed by atoms with Crippen molar-refractivity contribution in [1.29, 1.82) is 0 Å². The van der Waals surface area contributed by atoms with Gasteiger partial charge in [-0.3, -0.25) is 4.90 Å². The third kappa shape index (κ3) is 3.75. The lowest BCUT2D eigenvalue weighted by molar-refractivity contribution is 0.0745. The summed E-state index contributed by atoms with van der Waals surface area (Å²) in [7, 11) is 1.82. The predicted octanol–water partition coefficient (Wildman–Crippen LogP) is 2.66. The van der Waals surface area contributed by atoms with Crippen LogP contribution in [-0.2, 0) is 4.74 Å². The van der Waals surface area contributed by atoms with Gasteiger partial charge in [0.2, 0.25) is 0 Å². The van der Waals surface area contributed by atoms with Crippen molar-refractivity contribution in [2.75, 3.05) is 33.4 Å². The van der Waals surface area contributed by atoms with E-state index in [2.05, 4.69) is 10.2 Å². The van der Waals surface area contributed by atoms with Crippen LogP contribution in [0.25, 0.3) is 0 Å². The lowest BCUT2D eigenvalue weighted by Crippen LogP contribution is -2.59. The van der Waals surface area contributed by atoms with E-state index < -0.39 is 0 Å². The van der Waals surface area contributed by atoms with Crippen LogP contribution in [0.3, 0.4) is 0 Å². The second-order valence-electron chi connectivity index (χ2n) is 7.16. The van der Waals surface area contributed by atoms with E-state index in [0.717, 1.165) is 30.5 Å². The zero-order valence-corrected chi connectivity index (χ0v) is 13.2. The minimum absolute atomic E-state index is 0.757. The van der Waals surface area contributed by atoms with Crippen LogP contribution in [0, 0.1) is 11.8 Å². The quantitative estimate of drug-likeness (QED) is 0.757. The molecule has 1 N–H and O–H groups in total. The maximum atomic E-state index is 5.25. The van der Waals surface area contributed by atoms with Gasteiger partial charge in [-0.1, -0.05) is 19.3 Å². The molecule has 2 saturated carbocycles. The van der Waals surface area contributed by atoms with E-state index in [-0.39, 0.29) is 0 Å². The van der Waals surface area contributed by atoms with Gasteiger partial charge in [-0.2, -0.15) is 0 Å². The highest BCUT2D eigenvalue weighted by Crippen LogP contribution is 2.37. The monoisotopic (exact) mass is 280 g/mol. The van der Waals surface area contributed by atoms with Gasteiger partial charge >= 0.3 is 0 Å². The zero-order chi connectivity index (χ0) is 13.8. The number of rotatable bonds is 6. The molecule has 1 heterocycles. The number of ether oxygens (including phenoxy) is 1. The number of piperazine rings is 1. The molecule has 1 saturated heterocycles. The predicted molar refractivity (Wildman–Crippen MR) is 82.9 cm³/mol. The fourth-order valence-electron chi connectivity index (χ4n) is 4.32. The van der Waals surface area contributed by atoms with Crippen LogP contribution in [0.5, 0.6) is 0 Å². The van der Waals surface area contributed by atoms with Gasteiger partial charge in [-0.25, -0.2) is 0 Å². The van der Waals surface area contributed by atoms with Gasteiger partial charge < -0.3 is 10.1 Å². The van der Waals surface area contributed by atoms with Gasteiger partial charge in [0.05, 0.1) is 0 Å². The molecule has 0 aromatic carbocycles. The summed E-state index contributed by atoms with van der Waals surface area (Å²) >= 11 is 0. The lowest BCUT2D eigenvalue weighted by Gasteiger charge is -2.44. The molecule has 2 aliphatic carbocycles. The highest BCUT2D eigenvalue weighted by molar-refractivity contribution is 4.96. The van der Waals surface area contributed by atoms with Crippen LogP contribution in [0.15, 0.2) is 0 Å². The number of hydrogen-bond donors (Lipinski definition) is 1. The Morgan fingerprint density at radius 1 is 1.05 bits per heavy atom. The third-order valence-electron chi connectivity index (χ3n) is 5.67. The Bertz CT molecular complexity index is 287. The van der Waals surface area contributed by atoms with Crippen molar-refractivity contribution in [2.45, 2.75) is 63.5 Å². The molecule has 0 spiro atoms. The average molecular weight is 280 g/mol. The van der Waals surface area contributed by atoms with E-state index in [4.69, 9.17) is 4.74 Å². The SMILES string of the molecule is COCCCN1CC(C2CCCCC2)NCC1C1CC1. The van der Waals surface area contributed by atoms with Crippen molar-refractivity contribution in [3.63, 3.8) is 0 Å². The van der Waals surface area contributed by atoms with Gasteiger partial charge in [-0.05, 0) is 43.9 Å². The normalized spacial score (nSPS) is 33.5. The minimum Gasteiger partial charge on any atom is -0.385 e. The molecule has 3 nitrogen and oxygen atoms in total. The fourth-order valence-corrected chi connectivity index (χ4v) is 4.32. The first kappa shape index (κ1) is 14.8. The Morgan fingerprint density at radius 3 is 2.55 bits per heavy atom. The van der Waals surface area contributed by atoms with Crippen LogP contribution >= 0.6 is 0 Å². The Morgan fingerprint density at radius 2 is 1.85 bits per heavy atom. The van der Waals surface area contributed by atoms with Crippen molar-refractivity contribution in [1.82, 2.24) is 10.2 Å². The molecule has 0 radical (unpaired) electrons. The summed E-state index contributed by atoms with van der Waals surface area (Å²) in [5.41, 5.74) is 0. The summed E-state index contributed by atoms with van der Waals surface area (Å²) in [5, 5.41) is 3.91. The molecule has 20 heavy (non-hydrogen) atoms. The Kier molecular flexibility index (Phi) is 5.36. The second-order valence-corrected chi connectivity index (χ2v) is 7.16. The van der Waals surface area contributed by atoms with E-state index in [1.54, 1.807) is 0 Å². The molecule has 0 bridgehead atoms. The smallest absolute Gasteiger partial charge is 0.0474 e. The van der Waals surface area contributed by atoms with Crippen molar-refractivity contribution >= 4 is 0 Å². The molecule has 0 aromatic heterocycles. The lowest BCUT2D eigenvalue weighted by atomic mass is 9.82. The fraction of sp³-hybridized carbons (Fsp3) is 1.00. The number of nitrogens with zero attached hydrogens (tertiary/aromatic N) is 1. The van der Waals surface area contributed by atoms with Crippen LogP contribution < -0.4 is 5.32 Å². The summed E-state index contributed by atoms with van der Waals surface area (Å²) in [6, 6.07) is 1.57. The van der Waals surface area contributed by atoms with Crippen LogP contribution in [-0.4, -0.2) is 50.3 Å². The Labute approximate surface area is 124 Å². The maximum absolute atomic E-state index is 5.25. The first-order chi connectivity index (χ1) is 9.88. The summed E-state index contributed by atoms with van der Waals surface area (Å²) in [6.07, 6.45) is 11.4. The molecule has 116 valence electrons. The molecular weight excluding hydrogens is 248 g/mol. The second kappa shape index (κ2) is 7.24. The van der Waals surface area contributed by atoms with E-state index in [0.29, 0.717) is 0 Å². The number of nitrogens with one attached hydrogen (secondary N) is 1. The van der Waals surface area contributed by atoms with Crippen LogP contribution in [0.1, 0.15) is 51.4 Å². The molecule has 1 aliphatic heterocycles. The van der Waals surface area contributed by atoms with Gasteiger partial charge in [0.1, 0.15) is 0 Å². The third-order valence-corrected chi connectivity index (χ3v) is 5.67. The average Bonchev–Trinajstić information content (AvgIpc) is 3.33. The van der Waals surface area contributed by atoms with E-state index in [1.165, 1.54) is 71.0 Å². The van der Waals surface area contributed by atoms with Crippen LogP contribution in [0.4, 0.5) is 0 Å². The molecule has 2 atom stereocenters. The Hall–Kier alpha value is -0.120. The molecule has 3 aliphatic rings. The van der Waals surface area contributed by atoms with Crippen molar-refractivity contribution in [3.8, 4) is 0 Å². The zero-order valence-electron chi connectivity index (χ0n) is 13.2. The van der Waals surface area contributed by atoms with Crippen LogP contribution in [0.2, 0.25) is 0 Å². The summed E-state index contributed by atoms with van der Waals surface area (Å²) in [5.74, 6) is 1.92. The Balaban J connectivity index is 1.53. The standard InChI is InChI=1S/C17H32N2O/c1-20-11-5-10-19-13-16(14-6-3-2-4-7-14)18-12-17(19)15-8-9-15/h14-18H,2-13H2,1H3. The summed E-state index contributed by atoms with van der Waals surface area (Å²) in [4.78, 5) is 2.80. The van der Waals surface area contributed by atoms with E-state index >= 15 is 0 Å². The highest BCUT2D eigenvalue weighted by atomic mass is 16.5. The van der Waals surface area contributed by atoms with Crippen molar-refractivity contribution < 1.29 is 4.74 Å². The molecule has 2 unspecified atom stereocenters. The maximum Gasteiger partial charge on any atom is 0.0474 e. The molecule has 0 aromatic rings. The van der Waals surface area contributed by atoms with Gasteiger partial charge in [0.15, 0.2) is 0 Å². The summed E-state index contributed by atoms with van der Waals surface area (Å²) in [6.45, 7) is 4.67. The van der Waals surface area contributed by atoms with Gasteiger partial charge in [0.25, 0.3) is 0 Å². The molecule has 0 amide bonds. The van der Waals surface area contributed by atoms with Gasteiger partial charge in [0, 0.05) is 45.4 Å². The number of methoxy groups -OCH3 is 1. The largest absolute Gasteiger partial charge is 0.385 e. The first-order valence-electron chi connectivity index (χ1n) is 8.85. The molecule has 3 fully saturated rings. The van der Waals surface area contributed by atoms with E-state index in [9.17, 15) is 0 Å². The molecular formula is C17H32N2O. The first-order valence-corrected chi connectivity index (χ1v) is 8.85. The molecule has 3 heteroatoms. The van der Waals surface area contributed by atoms with E-state index in [1.807, 2.05) is 7.11 Å².